The number of amides is 1. The van der Waals surface area contributed by atoms with Gasteiger partial charge in [-0.2, -0.15) is 0 Å². The molecule has 9 heteroatoms. The molecule has 0 aliphatic carbocycles. The molecule has 1 amide bonds. The fraction of sp³-hybridized carbons (Fsp3) is 0.474. The van der Waals surface area contributed by atoms with Crippen molar-refractivity contribution in [1.82, 2.24) is 14.9 Å². The van der Waals surface area contributed by atoms with Gasteiger partial charge in [-0.25, -0.2) is 4.79 Å². The van der Waals surface area contributed by atoms with Crippen LogP contribution >= 0.6 is 0 Å². The summed E-state index contributed by atoms with van der Waals surface area (Å²) in [5, 5.41) is 20.4. The van der Waals surface area contributed by atoms with E-state index >= 15 is 0 Å². The number of piperidine rings is 1. The normalized spacial score (nSPS) is 16.1. The van der Waals surface area contributed by atoms with E-state index in [4.69, 9.17) is 9.84 Å². The van der Waals surface area contributed by atoms with E-state index in [1.54, 1.807) is 25.6 Å². The van der Waals surface area contributed by atoms with Gasteiger partial charge in [0.15, 0.2) is 0 Å². The summed E-state index contributed by atoms with van der Waals surface area (Å²) in [6, 6.07) is 3.82. The fourth-order valence-electron chi connectivity index (χ4n) is 3.44. The molecule has 0 radical (unpaired) electrons. The average Bonchev–Trinajstić information content (AvgIpc) is 2.67. The minimum atomic E-state index is -1.12. The summed E-state index contributed by atoms with van der Waals surface area (Å²) in [6.45, 7) is 0.618. The van der Waals surface area contributed by atoms with Gasteiger partial charge in [0.05, 0.1) is 11.1 Å². The Morgan fingerprint density at radius 3 is 2.71 bits per heavy atom. The second kappa shape index (κ2) is 8.49. The van der Waals surface area contributed by atoms with Crippen molar-refractivity contribution in [3.63, 3.8) is 0 Å². The second-order valence-electron chi connectivity index (χ2n) is 7.07. The van der Waals surface area contributed by atoms with E-state index in [1.165, 1.54) is 4.90 Å². The number of carboxylic acid groups (broad SMARTS) is 1. The number of hydrogen-bond acceptors (Lipinski definition) is 7. The topological polar surface area (TPSA) is 116 Å². The molecule has 1 aliphatic rings. The molecule has 9 nitrogen and oxygen atoms in total. The lowest BCUT2D eigenvalue weighted by atomic mass is 9.90. The Morgan fingerprint density at radius 2 is 2.00 bits per heavy atom. The molecule has 0 aromatic carbocycles. The van der Waals surface area contributed by atoms with Gasteiger partial charge >= 0.3 is 5.97 Å². The zero-order valence-electron chi connectivity index (χ0n) is 15.7. The second-order valence-corrected chi connectivity index (χ2v) is 7.07. The molecule has 0 atom stereocenters. The number of fused-ring (bicyclic) bond motifs is 1. The van der Waals surface area contributed by atoms with Crippen molar-refractivity contribution in [2.24, 2.45) is 0 Å². The highest BCUT2D eigenvalue weighted by atomic mass is 16.5. The molecule has 0 unspecified atom stereocenters. The quantitative estimate of drug-likeness (QED) is 0.705. The standard InChI is InChI=1S/C19H24N4O5/c1-22(17(24)11-28-12-18(25)26)13-19(27)4-8-23(9-5-19)16-3-7-21-15-2-6-20-10-14(15)16/h2-3,6-7,10,27H,4-5,8-9,11-13H2,1H3,(H,25,26). The van der Waals surface area contributed by atoms with Crippen LogP contribution in [-0.4, -0.2) is 82.5 Å². The zero-order chi connectivity index (χ0) is 20.1. The molecule has 2 aromatic heterocycles. The largest absolute Gasteiger partial charge is 0.480 e. The molecular formula is C19H24N4O5. The van der Waals surface area contributed by atoms with Crippen molar-refractivity contribution in [2.75, 3.05) is 44.8 Å². The Morgan fingerprint density at radius 1 is 1.25 bits per heavy atom. The van der Waals surface area contributed by atoms with Crippen molar-refractivity contribution in [3.8, 4) is 0 Å². The average molecular weight is 388 g/mol. The van der Waals surface area contributed by atoms with Gasteiger partial charge in [0.25, 0.3) is 0 Å². The molecule has 0 spiro atoms. The van der Waals surface area contributed by atoms with E-state index in [0.29, 0.717) is 25.9 Å². The van der Waals surface area contributed by atoms with Crippen molar-refractivity contribution in [1.29, 1.82) is 0 Å². The van der Waals surface area contributed by atoms with Crippen LogP contribution in [0.2, 0.25) is 0 Å². The molecule has 2 N–H and O–H groups in total. The molecule has 1 aliphatic heterocycles. The number of pyridine rings is 2. The summed E-state index contributed by atoms with van der Waals surface area (Å²) in [5.41, 5.74) is 0.918. The number of aromatic nitrogens is 2. The number of carboxylic acids is 1. The number of aliphatic hydroxyl groups is 1. The number of rotatable bonds is 7. The van der Waals surface area contributed by atoms with Crippen LogP contribution in [0, 0.1) is 0 Å². The molecule has 1 saturated heterocycles. The number of ether oxygens (including phenoxy) is 1. The number of carbonyl (C=O) groups excluding carboxylic acids is 1. The Hall–Kier alpha value is -2.78. The summed E-state index contributed by atoms with van der Waals surface area (Å²) < 4.78 is 4.82. The molecular weight excluding hydrogens is 364 g/mol. The lowest BCUT2D eigenvalue weighted by molar-refractivity contribution is -0.146. The Kier molecular flexibility index (Phi) is 6.05. The lowest BCUT2D eigenvalue weighted by Crippen LogP contribution is -2.51. The van der Waals surface area contributed by atoms with E-state index < -0.39 is 18.2 Å². The van der Waals surface area contributed by atoms with Crippen molar-refractivity contribution in [3.05, 3.63) is 30.7 Å². The summed E-state index contributed by atoms with van der Waals surface area (Å²) in [4.78, 5) is 34.6. The predicted octanol–water partition coefficient (Wildman–Crippen LogP) is 0.521. The van der Waals surface area contributed by atoms with E-state index in [1.807, 2.05) is 12.1 Å². The number of nitrogens with zero attached hydrogens (tertiary/aromatic N) is 4. The van der Waals surface area contributed by atoms with Crippen LogP contribution in [0.4, 0.5) is 5.69 Å². The van der Waals surface area contributed by atoms with Crippen LogP contribution in [0.25, 0.3) is 10.9 Å². The van der Waals surface area contributed by atoms with E-state index in [0.717, 1.165) is 16.6 Å². The Bertz CT molecular complexity index is 846. The van der Waals surface area contributed by atoms with Gasteiger partial charge < -0.3 is 24.7 Å². The monoisotopic (exact) mass is 388 g/mol. The van der Waals surface area contributed by atoms with E-state index in [2.05, 4.69) is 14.9 Å². The first kappa shape index (κ1) is 20.0. The number of carbonyl (C=O) groups is 2. The highest BCUT2D eigenvalue weighted by Gasteiger charge is 2.35. The summed E-state index contributed by atoms with van der Waals surface area (Å²) >= 11 is 0. The van der Waals surface area contributed by atoms with Crippen LogP contribution in [0.5, 0.6) is 0 Å². The van der Waals surface area contributed by atoms with Gasteiger partial charge in [-0.1, -0.05) is 0 Å². The first-order valence-corrected chi connectivity index (χ1v) is 9.07. The maximum atomic E-state index is 12.0. The molecule has 3 rings (SSSR count). The molecule has 1 fully saturated rings. The number of hydrogen-bond donors (Lipinski definition) is 2. The summed E-state index contributed by atoms with van der Waals surface area (Å²) in [7, 11) is 1.58. The molecule has 28 heavy (non-hydrogen) atoms. The fourth-order valence-corrected chi connectivity index (χ4v) is 3.44. The van der Waals surface area contributed by atoms with Gasteiger partial charge in [0.2, 0.25) is 5.91 Å². The first-order chi connectivity index (χ1) is 13.4. The van der Waals surface area contributed by atoms with E-state index in [-0.39, 0.29) is 19.1 Å². The Labute approximate surface area is 162 Å². The minimum Gasteiger partial charge on any atom is -0.480 e. The van der Waals surface area contributed by atoms with Crippen molar-refractivity contribution < 1.29 is 24.5 Å². The third-order valence-electron chi connectivity index (χ3n) is 4.96. The summed E-state index contributed by atoms with van der Waals surface area (Å²) in [6.07, 6.45) is 6.28. The minimum absolute atomic E-state index is 0.175. The molecule has 0 bridgehead atoms. The van der Waals surface area contributed by atoms with Crippen LogP contribution in [0.15, 0.2) is 30.7 Å². The molecule has 150 valence electrons. The van der Waals surface area contributed by atoms with Crippen LogP contribution in [-0.2, 0) is 14.3 Å². The predicted molar refractivity (Wildman–Crippen MR) is 102 cm³/mol. The van der Waals surface area contributed by atoms with E-state index in [9.17, 15) is 14.7 Å². The first-order valence-electron chi connectivity index (χ1n) is 9.07. The SMILES string of the molecule is CN(CC1(O)CCN(c2ccnc3ccncc23)CC1)C(=O)COCC(=O)O. The van der Waals surface area contributed by atoms with Gasteiger partial charge in [-0.15, -0.1) is 0 Å². The van der Waals surface area contributed by atoms with Gasteiger partial charge in [0.1, 0.15) is 13.2 Å². The Balaban J connectivity index is 1.57. The molecule has 0 saturated carbocycles. The van der Waals surface area contributed by atoms with Crippen LogP contribution < -0.4 is 4.90 Å². The van der Waals surface area contributed by atoms with Crippen molar-refractivity contribution >= 4 is 28.5 Å². The summed E-state index contributed by atoms with van der Waals surface area (Å²) in [5.74, 6) is -1.48. The molecule has 3 heterocycles. The maximum Gasteiger partial charge on any atom is 0.329 e. The maximum absolute atomic E-state index is 12.0. The van der Waals surface area contributed by atoms with Gasteiger partial charge in [-0.05, 0) is 25.0 Å². The number of likely N-dealkylation sites (N-methyl/N-ethyl adjacent to an activating group) is 1. The van der Waals surface area contributed by atoms with Crippen LogP contribution in [0.1, 0.15) is 12.8 Å². The highest BCUT2D eigenvalue weighted by Crippen LogP contribution is 2.30. The van der Waals surface area contributed by atoms with Crippen molar-refractivity contribution in [2.45, 2.75) is 18.4 Å². The highest BCUT2D eigenvalue weighted by molar-refractivity contribution is 5.90. The van der Waals surface area contributed by atoms with Gasteiger partial charge in [0, 0.05) is 56.3 Å². The molecule has 2 aromatic rings. The van der Waals surface area contributed by atoms with Gasteiger partial charge in [-0.3, -0.25) is 14.8 Å². The number of anilines is 1. The number of aliphatic carboxylic acids is 1. The smallest absolute Gasteiger partial charge is 0.329 e. The van der Waals surface area contributed by atoms with Crippen LogP contribution in [0.3, 0.4) is 0 Å². The lowest BCUT2D eigenvalue weighted by Gasteiger charge is -2.41. The third-order valence-corrected chi connectivity index (χ3v) is 4.96. The zero-order valence-corrected chi connectivity index (χ0v) is 15.7. The third kappa shape index (κ3) is 4.73.